The molecule has 0 radical (unpaired) electrons. The van der Waals surface area contributed by atoms with Crippen molar-refractivity contribution in [2.75, 3.05) is 56.0 Å². The second-order valence-electron chi connectivity index (χ2n) is 8.58. The van der Waals surface area contributed by atoms with E-state index in [4.69, 9.17) is 11.6 Å². The van der Waals surface area contributed by atoms with Gasteiger partial charge < -0.3 is 15.1 Å². The summed E-state index contributed by atoms with van der Waals surface area (Å²) in [6.45, 7) is 5.09. The molecule has 32 heavy (non-hydrogen) atoms. The number of nitrogens with zero attached hydrogens (tertiary/aromatic N) is 3. The zero-order valence-corrected chi connectivity index (χ0v) is 19.2. The molecule has 2 heterocycles. The highest BCUT2D eigenvalue weighted by molar-refractivity contribution is 6.30. The fourth-order valence-electron chi connectivity index (χ4n) is 4.40. The smallest absolute Gasteiger partial charge is 0.253 e. The largest absolute Gasteiger partial charge is 0.372 e. The van der Waals surface area contributed by atoms with E-state index in [2.05, 4.69) is 27.2 Å². The van der Waals surface area contributed by atoms with E-state index in [-0.39, 0.29) is 11.8 Å². The van der Waals surface area contributed by atoms with E-state index in [0.29, 0.717) is 43.3 Å². The first kappa shape index (κ1) is 22.6. The SMILES string of the molecule is O=C(CN1CCN(C(=O)c2cccc(Cl)c2)CC1)Nc1ccc(N2CCCCCC2)cc1. The molecule has 6 nitrogen and oxygen atoms in total. The number of carbonyl (C=O) groups is 2. The standard InChI is InChI=1S/C25H31ClN4O2/c26-21-7-5-6-20(18-21)25(32)30-16-14-28(15-17-30)19-24(31)27-22-8-10-23(11-9-22)29-12-3-1-2-4-13-29/h5-11,18H,1-4,12-17,19H2,(H,27,31). The number of carbonyl (C=O) groups excluding carboxylic acids is 2. The average molecular weight is 455 g/mol. The van der Waals surface area contributed by atoms with Gasteiger partial charge in [0.05, 0.1) is 6.54 Å². The Morgan fingerprint density at radius 2 is 1.53 bits per heavy atom. The molecule has 2 aliphatic rings. The molecule has 2 fully saturated rings. The maximum Gasteiger partial charge on any atom is 0.253 e. The van der Waals surface area contributed by atoms with Crippen molar-refractivity contribution in [2.24, 2.45) is 0 Å². The summed E-state index contributed by atoms with van der Waals surface area (Å²) in [5.74, 6) is -0.0387. The van der Waals surface area contributed by atoms with Crippen molar-refractivity contribution in [1.29, 1.82) is 0 Å². The lowest BCUT2D eigenvalue weighted by molar-refractivity contribution is -0.117. The number of nitrogens with one attached hydrogen (secondary N) is 1. The van der Waals surface area contributed by atoms with Crippen molar-refractivity contribution in [3.05, 3.63) is 59.1 Å². The second kappa shape index (κ2) is 10.8. The highest BCUT2D eigenvalue weighted by Crippen LogP contribution is 2.21. The van der Waals surface area contributed by atoms with Gasteiger partial charge in [-0.2, -0.15) is 0 Å². The van der Waals surface area contributed by atoms with Gasteiger partial charge in [-0.05, 0) is 55.3 Å². The van der Waals surface area contributed by atoms with Gasteiger partial charge in [0.1, 0.15) is 0 Å². The Morgan fingerprint density at radius 1 is 0.844 bits per heavy atom. The molecular formula is C25H31ClN4O2. The maximum absolute atomic E-state index is 12.6. The van der Waals surface area contributed by atoms with E-state index < -0.39 is 0 Å². The Labute approximate surface area is 195 Å². The molecule has 7 heteroatoms. The van der Waals surface area contributed by atoms with E-state index in [1.54, 1.807) is 24.3 Å². The normalized spacial score (nSPS) is 17.7. The molecule has 1 N–H and O–H groups in total. The van der Waals surface area contributed by atoms with Crippen LogP contribution in [0.5, 0.6) is 0 Å². The van der Waals surface area contributed by atoms with Crippen molar-refractivity contribution in [1.82, 2.24) is 9.80 Å². The van der Waals surface area contributed by atoms with Crippen molar-refractivity contribution in [3.63, 3.8) is 0 Å². The van der Waals surface area contributed by atoms with Gasteiger partial charge in [0.15, 0.2) is 0 Å². The number of benzene rings is 2. The van der Waals surface area contributed by atoms with E-state index in [0.717, 1.165) is 18.8 Å². The molecule has 0 aromatic heterocycles. The highest BCUT2D eigenvalue weighted by Gasteiger charge is 2.23. The van der Waals surface area contributed by atoms with Crippen LogP contribution < -0.4 is 10.2 Å². The number of hydrogen-bond donors (Lipinski definition) is 1. The van der Waals surface area contributed by atoms with Crippen LogP contribution in [-0.4, -0.2) is 67.4 Å². The molecule has 2 saturated heterocycles. The molecule has 170 valence electrons. The number of halogens is 1. The molecule has 0 spiro atoms. The van der Waals surface area contributed by atoms with Gasteiger partial charge in [-0.25, -0.2) is 0 Å². The zero-order valence-electron chi connectivity index (χ0n) is 18.4. The molecule has 2 aliphatic heterocycles. The predicted molar refractivity (Wildman–Crippen MR) is 130 cm³/mol. The van der Waals surface area contributed by atoms with Crippen molar-refractivity contribution in [2.45, 2.75) is 25.7 Å². The fraction of sp³-hybridized carbons (Fsp3) is 0.440. The molecular weight excluding hydrogens is 424 g/mol. The summed E-state index contributed by atoms with van der Waals surface area (Å²) in [6.07, 6.45) is 5.12. The number of anilines is 2. The van der Waals surface area contributed by atoms with Crippen LogP contribution in [0.4, 0.5) is 11.4 Å². The predicted octanol–water partition coefficient (Wildman–Crippen LogP) is 4.12. The minimum absolute atomic E-state index is 0.0129. The first-order chi connectivity index (χ1) is 15.6. The lowest BCUT2D eigenvalue weighted by Gasteiger charge is -2.34. The first-order valence-electron chi connectivity index (χ1n) is 11.5. The van der Waals surface area contributed by atoms with E-state index >= 15 is 0 Å². The number of piperazine rings is 1. The molecule has 2 aromatic carbocycles. The molecule has 2 amide bonds. The monoisotopic (exact) mass is 454 g/mol. The van der Waals surface area contributed by atoms with Crippen LogP contribution in [0.2, 0.25) is 5.02 Å². The summed E-state index contributed by atoms with van der Waals surface area (Å²) in [7, 11) is 0. The quantitative estimate of drug-likeness (QED) is 0.738. The van der Waals surface area contributed by atoms with Crippen molar-refractivity contribution < 1.29 is 9.59 Å². The third-order valence-corrected chi connectivity index (χ3v) is 6.46. The molecule has 0 saturated carbocycles. The Balaban J connectivity index is 1.23. The second-order valence-corrected chi connectivity index (χ2v) is 9.01. The van der Waals surface area contributed by atoms with E-state index in [1.807, 2.05) is 17.0 Å². The number of hydrogen-bond acceptors (Lipinski definition) is 4. The fourth-order valence-corrected chi connectivity index (χ4v) is 4.59. The maximum atomic E-state index is 12.6. The van der Waals surface area contributed by atoms with Crippen LogP contribution >= 0.6 is 11.6 Å². The summed E-state index contributed by atoms with van der Waals surface area (Å²) < 4.78 is 0. The van der Waals surface area contributed by atoms with E-state index in [1.165, 1.54) is 31.4 Å². The van der Waals surface area contributed by atoms with Crippen LogP contribution in [-0.2, 0) is 4.79 Å². The van der Waals surface area contributed by atoms with Crippen LogP contribution in [0.3, 0.4) is 0 Å². The van der Waals surface area contributed by atoms with E-state index in [9.17, 15) is 9.59 Å². The molecule has 0 bridgehead atoms. The Kier molecular flexibility index (Phi) is 7.66. The van der Waals surface area contributed by atoms with Gasteiger partial charge in [-0.3, -0.25) is 14.5 Å². The third-order valence-electron chi connectivity index (χ3n) is 6.22. The van der Waals surface area contributed by atoms with Crippen LogP contribution in [0.1, 0.15) is 36.0 Å². The summed E-state index contributed by atoms with van der Waals surface area (Å²) in [4.78, 5) is 31.5. The topological polar surface area (TPSA) is 55.9 Å². The Bertz CT molecular complexity index is 918. The van der Waals surface area contributed by atoms with Gasteiger partial charge in [0.2, 0.25) is 5.91 Å². The summed E-state index contributed by atoms with van der Waals surface area (Å²) in [5, 5.41) is 3.56. The highest BCUT2D eigenvalue weighted by atomic mass is 35.5. The van der Waals surface area contributed by atoms with Gasteiger partial charge >= 0.3 is 0 Å². The van der Waals surface area contributed by atoms with Crippen LogP contribution in [0, 0.1) is 0 Å². The summed E-state index contributed by atoms with van der Waals surface area (Å²) in [6, 6.07) is 15.2. The molecule has 4 rings (SSSR count). The van der Waals surface area contributed by atoms with Gasteiger partial charge in [-0.15, -0.1) is 0 Å². The summed E-state index contributed by atoms with van der Waals surface area (Å²) in [5.41, 5.74) is 2.65. The Hall–Kier alpha value is -2.57. The van der Waals surface area contributed by atoms with Gasteiger partial charge in [0.25, 0.3) is 5.91 Å². The van der Waals surface area contributed by atoms with Crippen LogP contribution in [0.25, 0.3) is 0 Å². The number of amides is 2. The molecule has 0 aliphatic carbocycles. The van der Waals surface area contributed by atoms with Crippen molar-refractivity contribution in [3.8, 4) is 0 Å². The number of rotatable bonds is 5. The van der Waals surface area contributed by atoms with Crippen LogP contribution in [0.15, 0.2) is 48.5 Å². The lowest BCUT2D eigenvalue weighted by Crippen LogP contribution is -2.50. The average Bonchev–Trinajstić information content (AvgIpc) is 3.09. The Morgan fingerprint density at radius 3 is 2.19 bits per heavy atom. The molecule has 0 atom stereocenters. The first-order valence-corrected chi connectivity index (χ1v) is 11.9. The minimum Gasteiger partial charge on any atom is -0.372 e. The summed E-state index contributed by atoms with van der Waals surface area (Å²) >= 11 is 6.00. The van der Waals surface area contributed by atoms with Gasteiger partial charge in [0, 0.05) is 61.2 Å². The van der Waals surface area contributed by atoms with Gasteiger partial charge in [-0.1, -0.05) is 30.5 Å². The zero-order chi connectivity index (χ0) is 22.3. The molecule has 0 unspecified atom stereocenters. The minimum atomic E-state index is -0.0258. The third kappa shape index (κ3) is 6.02. The molecule has 2 aromatic rings. The lowest BCUT2D eigenvalue weighted by atomic mass is 10.2. The van der Waals surface area contributed by atoms with Crippen molar-refractivity contribution >= 4 is 34.8 Å².